The Morgan fingerprint density at radius 1 is 0.892 bits per heavy atom. The second-order valence-electron chi connectivity index (χ2n) is 9.38. The van der Waals surface area contributed by atoms with Crippen molar-refractivity contribution in [3.63, 3.8) is 0 Å². The van der Waals surface area contributed by atoms with Crippen molar-refractivity contribution in [2.24, 2.45) is 0 Å². The number of urea groups is 1. The quantitative estimate of drug-likeness (QED) is 0.482. The summed E-state index contributed by atoms with van der Waals surface area (Å²) in [6, 6.07) is 18.6. The summed E-state index contributed by atoms with van der Waals surface area (Å²) in [5, 5.41) is 1.80. The summed E-state index contributed by atoms with van der Waals surface area (Å²) in [5.74, 6) is -0.821. The van der Waals surface area contributed by atoms with E-state index in [1.807, 2.05) is 43.3 Å². The van der Waals surface area contributed by atoms with E-state index in [-0.39, 0.29) is 43.5 Å². The van der Waals surface area contributed by atoms with E-state index in [0.29, 0.717) is 5.69 Å². The van der Waals surface area contributed by atoms with E-state index >= 15 is 0 Å². The Kier molecular flexibility index (Phi) is 6.47. The van der Waals surface area contributed by atoms with Crippen LogP contribution >= 0.6 is 0 Å². The molecular weight excluding hydrogens is 492 g/mol. The Labute approximate surface area is 215 Å². The lowest BCUT2D eigenvalue weighted by molar-refractivity contribution is -0.137. The van der Waals surface area contributed by atoms with Crippen LogP contribution in [0.4, 0.5) is 10.5 Å². The molecule has 2 fully saturated rings. The zero-order valence-electron chi connectivity index (χ0n) is 20.7. The number of imide groups is 1. The zero-order valence-corrected chi connectivity index (χ0v) is 21.5. The Bertz CT molecular complexity index is 1480. The fraction of sp³-hybridized carbons (Fsp3) is 0.296. The number of carbonyl (C=O) groups is 3. The molecule has 10 heteroatoms. The van der Waals surface area contributed by atoms with E-state index in [1.54, 1.807) is 37.3 Å². The van der Waals surface area contributed by atoms with E-state index in [9.17, 15) is 22.8 Å². The van der Waals surface area contributed by atoms with Gasteiger partial charge >= 0.3 is 6.03 Å². The van der Waals surface area contributed by atoms with Gasteiger partial charge in [-0.25, -0.2) is 13.2 Å². The molecular formula is C27H28N4O5S. The Balaban J connectivity index is 1.23. The largest absolute Gasteiger partial charge is 0.338 e. The molecule has 0 aromatic heterocycles. The first kappa shape index (κ1) is 24.9. The first-order chi connectivity index (χ1) is 17.7. The van der Waals surface area contributed by atoms with Gasteiger partial charge in [0.2, 0.25) is 15.9 Å². The number of piperazine rings is 1. The topological polar surface area (TPSA) is 98.3 Å². The van der Waals surface area contributed by atoms with Gasteiger partial charge in [-0.2, -0.15) is 4.31 Å². The van der Waals surface area contributed by atoms with Gasteiger partial charge in [0.15, 0.2) is 0 Å². The van der Waals surface area contributed by atoms with Crippen LogP contribution in [0, 0.1) is 6.92 Å². The number of benzene rings is 3. The average molecular weight is 521 g/mol. The minimum Gasteiger partial charge on any atom is -0.338 e. The summed E-state index contributed by atoms with van der Waals surface area (Å²) in [7, 11) is -3.72. The molecule has 2 heterocycles. The number of aryl methyl sites for hydroxylation is 1. The van der Waals surface area contributed by atoms with Gasteiger partial charge in [0.25, 0.3) is 5.91 Å². The van der Waals surface area contributed by atoms with Crippen LogP contribution in [0.1, 0.15) is 12.5 Å². The lowest BCUT2D eigenvalue weighted by Crippen LogP contribution is -2.53. The maximum atomic E-state index is 13.2. The van der Waals surface area contributed by atoms with Gasteiger partial charge in [-0.05, 0) is 48.9 Å². The molecule has 37 heavy (non-hydrogen) atoms. The number of rotatable bonds is 5. The van der Waals surface area contributed by atoms with Crippen LogP contribution in [0.3, 0.4) is 0 Å². The molecule has 192 valence electrons. The zero-order chi connectivity index (χ0) is 26.3. The highest BCUT2D eigenvalue weighted by atomic mass is 32.2. The van der Waals surface area contributed by atoms with Crippen LogP contribution < -0.4 is 4.90 Å². The van der Waals surface area contributed by atoms with Gasteiger partial charge in [-0.1, -0.05) is 48.0 Å². The molecule has 0 radical (unpaired) electrons. The summed E-state index contributed by atoms with van der Waals surface area (Å²) in [6.45, 7) is 3.83. The number of nitrogens with zero attached hydrogens (tertiary/aromatic N) is 4. The van der Waals surface area contributed by atoms with Crippen molar-refractivity contribution in [2.45, 2.75) is 24.8 Å². The molecule has 2 saturated heterocycles. The second-order valence-corrected chi connectivity index (χ2v) is 11.3. The lowest BCUT2D eigenvalue weighted by atomic mass is 10.1. The number of anilines is 1. The van der Waals surface area contributed by atoms with E-state index in [1.165, 1.54) is 14.1 Å². The Morgan fingerprint density at radius 3 is 2.22 bits per heavy atom. The molecule has 0 unspecified atom stereocenters. The van der Waals surface area contributed by atoms with Crippen molar-refractivity contribution in [3.8, 4) is 0 Å². The van der Waals surface area contributed by atoms with Crippen LogP contribution in [0.15, 0.2) is 71.6 Å². The van der Waals surface area contributed by atoms with Crippen molar-refractivity contribution < 1.29 is 22.8 Å². The summed E-state index contributed by atoms with van der Waals surface area (Å²) in [6.07, 6.45) is 0. The maximum absolute atomic E-state index is 13.2. The smallest absolute Gasteiger partial charge is 0.332 e. The van der Waals surface area contributed by atoms with Crippen LogP contribution in [0.5, 0.6) is 0 Å². The number of sulfonamides is 1. The molecule has 9 nitrogen and oxygen atoms in total. The average Bonchev–Trinajstić information content (AvgIpc) is 3.12. The molecule has 3 aromatic rings. The third kappa shape index (κ3) is 4.58. The number of amides is 4. The molecule has 1 atom stereocenters. The van der Waals surface area contributed by atoms with E-state index in [2.05, 4.69) is 0 Å². The first-order valence-corrected chi connectivity index (χ1v) is 13.6. The van der Waals surface area contributed by atoms with E-state index in [4.69, 9.17) is 0 Å². The van der Waals surface area contributed by atoms with Gasteiger partial charge in [-0.3, -0.25) is 19.4 Å². The predicted molar refractivity (Wildman–Crippen MR) is 140 cm³/mol. The highest BCUT2D eigenvalue weighted by Crippen LogP contribution is 2.27. The van der Waals surface area contributed by atoms with Crippen LogP contribution in [0.25, 0.3) is 10.8 Å². The first-order valence-electron chi connectivity index (χ1n) is 12.1. The number of hydrogen-bond acceptors (Lipinski definition) is 5. The van der Waals surface area contributed by atoms with E-state index in [0.717, 1.165) is 21.2 Å². The normalized spacial score (nSPS) is 19.2. The summed E-state index contributed by atoms with van der Waals surface area (Å²) in [5.41, 5.74) is 1.63. The standard InChI is InChI=1S/C27H28N4O5S/c1-19-7-10-23(11-8-19)31-20(2)26(33)30(27(31)34)18-25(32)28-13-15-29(16-14-28)37(35,36)24-12-9-21-5-3-4-6-22(21)17-24/h3-12,17,20H,13-16,18H2,1-2H3/t20-/m1/s1. The molecule has 0 N–H and O–H groups in total. The van der Waals surface area contributed by atoms with Crippen molar-refractivity contribution in [1.29, 1.82) is 0 Å². The monoisotopic (exact) mass is 520 g/mol. The second kappa shape index (κ2) is 9.60. The summed E-state index contributed by atoms with van der Waals surface area (Å²) in [4.78, 5) is 43.0. The molecule has 0 bridgehead atoms. The number of carbonyl (C=O) groups excluding carboxylic acids is 3. The fourth-order valence-electron chi connectivity index (χ4n) is 4.80. The van der Waals surface area contributed by atoms with Gasteiger partial charge in [-0.15, -0.1) is 0 Å². The van der Waals surface area contributed by atoms with E-state index < -0.39 is 28.0 Å². The minimum absolute atomic E-state index is 0.134. The van der Waals surface area contributed by atoms with Gasteiger partial charge < -0.3 is 4.90 Å². The number of fused-ring (bicyclic) bond motifs is 1. The molecule has 2 aliphatic heterocycles. The molecule has 0 saturated carbocycles. The van der Waals surface area contributed by atoms with Crippen LogP contribution in [-0.4, -0.2) is 79.1 Å². The Morgan fingerprint density at radius 2 is 1.54 bits per heavy atom. The van der Waals surface area contributed by atoms with Gasteiger partial charge in [0.1, 0.15) is 12.6 Å². The van der Waals surface area contributed by atoms with Crippen LogP contribution in [0.2, 0.25) is 0 Å². The predicted octanol–water partition coefficient (Wildman–Crippen LogP) is 2.84. The SMILES string of the molecule is Cc1ccc(N2C(=O)N(CC(=O)N3CCN(S(=O)(=O)c4ccc5ccccc5c4)CC3)C(=O)[C@H]2C)cc1. The lowest BCUT2D eigenvalue weighted by Gasteiger charge is -2.34. The third-order valence-electron chi connectivity index (χ3n) is 7.00. The summed E-state index contributed by atoms with van der Waals surface area (Å²) >= 11 is 0. The molecule has 5 rings (SSSR count). The molecule has 2 aliphatic rings. The highest BCUT2D eigenvalue weighted by Gasteiger charge is 2.44. The molecule has 0 aliphatic carbocycles. The van der Waals surface area contributed by atoms with Gasteiger partial charge in [0, 0.05) is 31.9 Å². The van der Waals surface area contributed by atoms with Crippen molar-refractivity contribution in [1.82, 2.24) is 14.1 Å². The van der Waals surface area contributed by atoms with Crippen LogP contribution in [-0.2, 0) is 19.6 Å². The molecule has 3 aromatic carbocycles. The maximum Gasteiger partial charge on any atom is 0.332 e. The molecule has 4 amide bonds. The van der Waals surface area contributed by atoms with Crippen molar-refractivity contribution in [3.05, 3.63) is 72.3 Å². The van der Waals surface area contributed by atoms with Crippen molar-refractivity contribution >= 4 is 44.3 Å². The fourth-order valence-corrected chi connectivity index (χ4v) is 6.26. The minimum atomic E-state index is -3.72. The molecule has 0 spiro atoms. The third-order valence-corrected chi connectivity index (χ3v) is 8.90. The Hall–Kier alpha value is -3.76. The number of hydrogen-bond donors (Lipinski definition) is 0. The van der Waals surface area contributed by atoms with Crippen molar-refractivity contribution in [2.75, 3.05) is 37.6 Å². The highest BCUT2D eigenvalue weighted by molar-refractivity contribution is 7.89. The summed E-state index contributed by atoms with van der Waals surface area (Å²) < 4.78 is 27.8. The van der Waals surface area contributed by atoms with Gasteiger partial charge in [0.05, 0.1) is 4.90 Å².